The fraction of sp³-hybridized carbons (Fsp3) is 0.846. The molecule has 0 aromatic rings. The summed E-state index contributed by atoms with van der Waals surface area (Å²) in [5, 5.41) is 0. The highest BCUT2D eigenvalue weighted by Crippen LogP contribution is 2.35. The predicted octanol–water partition coefficient (Wildman–Crippen LogP) is 3.99. The molecule has 1 saturated carbocycles. The molecular formula is C13H22OS. The molecular weight excluding hydrogens is 204 g/mol. The molecule has 0 aromatic carbocycles. The Labute approximate surface area is 97.7 Å². The van der Waals surface area contributed by atoms with Crippen molar-refractivity contribution in [3.8, 4) is 0 Å². The maximum absolute atomic E-state index is 5.79. The van der Waals surface area contributed by atoms with Crippen molar-refractivity contribution in [1.29, 1.82) is 0 Å². The Hall–Kier alpha value is -0.110. The van der Waals surface area contributed by atoms with Gasteiger partial charge in [-0.25, -0.2) is 0 Å². The lowest BCUT2D eigenvalue weighted by molar-refractivity contribution is 0.113. The quantitative estimate of drug-likeness (QED) is 0.673. The number of rotatable bonds is 3. The highest BCUT2D eigenvalue weighted by atomic mass is 32.2. The summed E-state index contributed by atoms with van der Waals surface area (Å²) in [6, 6.07) is 0. The molecule has 1 aliphatic carbocycles. The maximum Gasteiger partial charge on any atom is 0.0927 e. The van der Waals surface area contributed by atoms with Gasteiger partial charge in [0, 0.05) is 5.41 Å². The molecule has 86 valence electrons. The lowest BCUT2D eigenvalue weighted by Gasteiger charge is -2.32. The maximum atomic E-state index is 5.79. The molecule has 1 aliphatic heterocycles. The average Bonchev–Trinajstić information content (AvgIpc) is 2.71. The molecule has 0 spiro atoms. The van der Waals surface area contributed by atoms with Crippen molar-refractivity contribution < 1.29 is 4.74 Å². The molecule has 0 atom stereocenters. The fourth-order valence-electron chi connectivity index (χ4n) is 2.32. The molecule has 0 amide bonds. The minimum Gasteiger partial charge on any atom is -0.501 e. The molecule has 2 rings (SSSR count). The summed E-state index contributed by atoms with van der Waals surface area (Å²) in [6.07, 6.45) is 9.97. The molecule has 0 aromatic heterocycles. The number of allylic oxidation sites excluding steroid dienone is 1. The molecule has 0 bridgehead atoms. The van der Waals surface area contributed by atoms with Crippen molar-refractivity contribution in [3.05, 3.63) is 11.8 Å². The van der Waals surface area contributed by atoms with Crippen LogP contribution in [0.4, 0.5) is 0 Å². The normalized spacial score (nSPS) is 25.3. The molecule has 0 N–H and O–H groups in total. The van der Waals surface area contributed by atoms with Gasteiger partial charge in [0.2, 0.25) is 0 Å². The van der Waals surface area contributed by atoms with E-state index in [1.54, 1.807) is 0 Å². The lowest BCUT2D eigenvalue weighted by atomic mass is 9.85. The van der Waals surface area contributed by atoms with Crippen molar-refractivity contribution >= 4 is 11.8 Å². The van der Waals surface area contributed by atoms with E-state index in [9.17, 15) is 0 Å². The third-order valence-electron chi connectivity index (χ3n) is 3.63. The van der Waals surface area contributed by atoms with E-state index in [4.69, 9.17) is 4.74 Å². The van der Waals surface area contributed by atoms with Gasteiger partial charge >= 0.3 is 0 Å². The van der Waals surface area contributed by atoms with E-state index in [0.29, 0.717) is 5.41 Å². The first-order valence-electron chi connectivity index (χ1n) is 6.16. The lowest BCUT2D eigenvalue weighted by Crippen LogP contribution is -2.27. The molecule has 1 heterocycles. The van der Waals surface area contributed by atoms with E-state index in [1.165, 1.54) is 55.6 Å². The van der Waals surface area contributed by atoms with Crippen LogP contribution in [0.2, 0.25) is 0 Å². The van der Waals surface area contributed by atoms with E-state index in [0.717, 1.165) is 6.61 Å². The highest BCUT2D eigenvalue weighted by Gasteiger charge is 2.27. The Kier molecular flexibility index (Phi) is 4.01. The number of hydrogen-bond donors (Lipinski definition) is 0. The summed E-state index contributed by atoms with van der Waals surface area (Å²) >= 11 is 2.09. The molecule has 2 aliphatic rings. The van der Waals surface area contributed by atoms with Crippen LogP contribution in [-0.4, -0.2) is 18.1 Å². The van der Waals surface area contributed by atoms with E-state index in [2.05, 4.69) is 24.9 Å². The molecule has 2 fully saturated rings. The molecule has 0 radical (unpaired) electrons. The standard InChI is InChI=1S/C13H22OS/c1-13(6-8-15-9-7-13)11-14-10-12-4-2-3-5-12/h10H,2-9,11H2,1H3. The Balaban J connectivity index is 1.74. The summed E-state index contributed by atoms with van der Waals surface area (Å²) in [4.78, 5) is 0. The van der Waals surface area contributed by atoms with Crippen molar-refractivity contribution in [2.75, 3.05) is 18.1 Å². The van der Waals surface area contributed by atoms with Crippen LogP contribution in [0.3, 0.4) is 0 Å². The van der Waals surface area contributed by atoms with Crippen LogP contribution in [0.5, 0.6) is 0 Å². The van der Waals surface area contributed by atoms with Gasteiger partial charge in [0.15, 0.2) is 0 Å². The van der Waals surface area contributed by atoms with Gasteiger partial charge in [0.05, 0.1) is 12.9 Å². The van der Waals surface area contributed by atoms with Crippen LogP contribution in [0.25, 0.3) is 0 Å². The van der Waals surface area contributed by atoms with Gasteiger partial charge in [-0.1, -0.05) is 6.92 Å². The molecule has 15 heavy (non-hydrogen) atoms. The topological polar surface area (TPSA) is 9.23 Å². The summed E-state index contributed by atoms with van der Waals surface area (Å²) in [6.45, 7) is 3.30. The second-order valence-corrected chi connectivity index (χ2v) is 6.44. The summed E-state index contributed by atoms with van der Waals surface area (Å²) < 4.78 is 5.79. The minimum absolute atomic E-state index is 0.445. The van der Waals surface area contributed by atoms with E-state index in [-0.39, 0.29) is 0 Å². The number of ether oxygens (including phenoxy) is 1. The SMILES string of the molecule is CC1(COC=C2CCCC2)CCSCC1. The average molecular weight is 226 g/mol. The first-order chi connectivity index (χ1) is 7.29. The predicted molar refractivity (Wildman–Crippen MR) is 67.2 cm³/mol. The first kappa shape index (κ1) is 11.4. The van der Waals surface area contributed by atoms with Crippen LogP contribution >= 0.6 is 11.8 Å². The first-order valence-corrected chi connectivity index (χ1v) is 7.31. The molecule has 0 unspecified atom stereocenters. The highest BCUT2D eigenvalue weighted by molar-refractivity contribution is 7.99. The van der Waals surface area contributed by atoms with Crippen molar-refractivity contribution in [2.24, 2.45) is 5.41 Å². The Morgan fingerprint density at radius 2 is 1.93 bits per heavy atom. The third-order valence-corrected chi connectivity index (χ3v) is 4.61. The molecule has 2 heteroatoms. The zero-order valence-corrected chi connectivity index (χ0v) is 10.6. The Morgan fingerprint density at radius 1 is 1.27 bits per heavy atom. The van der Waals surface area contributed by atoms with Gasteiger partial charge in [-0.05, 0) is 55.6 Å². The zero-order valence-electron chi connectivity index (χ0n) is 9.76. The van der Waals surface area contributed by atoms with Crippen molar-refractivity contribution in [1.82, 2.24) is 0 Å². The van der Waals surface area contributed by atoms with E-state index < -0.39 is 0 Å². The van der Waals surface area contributed by atoms with Crippen LogP contribution in [0.1, 0.15) is 45.4 Å². The third kappa shape index (κ3) is 3.44. The van der Waals surface area contributed by atoms with Crippen LogP contribution in [-0.2, 0) is 4.74 Å². The van der Waals surface area contributed by atoms with Gasteiger partial charge in [0.1, 0.15) is 0 Å². The van der Waals surface area contributed by atoms with Gasteiger partial charge in [-0.2, -0.15) is 11.8 Å². The summed E-state index contributed by atoms with van der Waals surface area (Å²) in [7, 11) is 0. The van der Waals surface area contributed by atoms with Gasteiger partial charge in [-0.15, -0.1) is 0 Å². The summed E-state index contributed by atoms with van der Waals surface area (Å²) in [5.74, 6) is 2.63. The van der Waals surface area contributed by atoms with Crippen LogP contribution in [0.15, 0.2) is 11.8 Å². The van der Waals surface area contributed by atoms with Crippen LogP contribution < -0.4 is 0 Å². The van der Waals surface area contributed by atoms with E-state index >= 15 is 0 Å². The van der Waals surface area contributed by atoms with Gasteiger partial charge in [-0.3, -0.25) is 0 Å². The van der Waals surface area contributed by atoms with Gasteiger partial charge < -0.3 is 4.74 Å². The number of hydrogen-bond acceptors (Lipinski definition) is 2. The summed E-state index contributed by atoms with van der Waals surface area (Å²) in [5.41, 5.74) is 1.98. The second-order valence-electron chi connectivity index (χ2n) is 5.22. The number of thioether (sulfide) groups is 1. The van der Waals surface area contributed by atoms with Crippen molar-refractivity contribution in [2.45, 2.75) is 45.4 Å². The smallest absolute Gasteiger partial charge is 0.0927 e. The monoisotopic (exact) mass is 226 g/mol. The van der Waals surface area contributed by atoms with Gasteiger partial charge in [0.25, 0.3) is 0 Å². The fourth-order valence-corrected chi connectivity index (χ4v) is 3.79. The Morgan fingerprint density at radius 3 is 2.60 bits per heavy atom. The molecule has 1 nitrogen and oxygen atoms in total. The largest absolute Gasteiger partial charge is 0.501 e. The minimum atomic E-state index is 0.445. The second kappa shape index (κ2) is 5.29. The zero-order chi connectivity index (χ0) is 10.6. The van der Waals surface area contributed by atoms with Crippen molar-refractivity contribution in [3.63, 3.8) is 0 Å². The Bertz CT molecular complexity index is 221. The van der Waals surface area contributed by atoms with Crippen LogP contribution in [0, 0.1) is 5.41 Å². The molecule has 1 saturated heterocycles. The van der Waals surface area contributed by atoms with E-state index in [1.807, 2.05) is 0 Å².